The van der Waals surface area contributed by atoms with E-state index < -0.39 is 35.6 Å². The van der Waals surface area contributed by atoms with Gasteiger partial charge in [0.05, 0.1) is 17.6 Å². The summed E-state index contributed by atoms with van der Waals surface area (Å²) in [5.74, 6) is -2.68. The summed E-state index contributed by atoms with van der Waals surface area (Å²) in [5.41, 5.74) is 1.06. The Balaban J connectivity index is 1.30. The smallest absolute Gasteiger partial charge is 0.273 e. The van der Waals surface area contributed by atoms with Gasteiger partial charge in [-0.05, 0) is 43.4 Å². The molecule has 2 N–H and O–H groups in total. The highest BCUT2D eigenvalue weighted by Gasteiger charge is 2.41. The standard InChI is InChI=1S/C31H36F2N4O4/c1-36(15-13-20-7-3-2-4-8-20)31(40)23-19-37(27-9-5-6-10-28(27)38)16-14-25(23)34-30(39)26-18-29(41-35-26)22-12-11-21(32)17-24(22)33/h2-4,7-8,11-12,17-18,23,25,27-28,38H,5-6,9-10,13-16,19H2,1H3,(H,34,39)/t23-,25-,27-,28-/m1/s1. The Labute approximate surface area is 238 Å². The number of aromatic nitrogens is 1. The van der Waals surface area contributed by atoms with E-state index in [-0.39, 0.29) is 29.0 Å². The van der Waals surface area contributed by atoms with Gasteiger partial charge in [-0.1, -0.05) is 48.3 Å². The lowest BCUT2D eigenvalue weighted by atomic mass is 9.85. The zero-order valence-corrected chi connectivity index (χ0v) is 23.1. The molecule has 0 spiro atoms. The minimum Gasteiger partial charge on any atom is -0.391 e. The highest BCUT2D eigenvalue weighted by atomic mass is 19.1. The number of nitrogens with one attached hydrogen (secondary N) is 1. The fourth-order valence-corrected chi connectivity index (χ4v) is 5.99. The third-order valence-electron chi connectivity index (χ3n) is 8.34. The lowest BCUT2D eigenvalue weighted by Gasteiger charge is -2.45. The maximum absolute atomic E-state index is 14.2. The molecule has 1 aromatic heterocycles. The molecule has 218 valence electrons. The van der Waals surface area contributed by atoms with Gasteiger partial charge >= 0.3 is 0 Å². The number of carbonyl (C=O) groups is 2. The molecule has 2 amide bonds. The average Bonchev–Trinajstić information content (AvgIpc) is 3.47. The molecule has 1 saturated heterocycles. The van der Waals surface area contributed by atoms with Gasteiger partial charge in [-0.3, -0.25) is 14.5 Å². The van der Waals surface area contributed by atoms with Crippen molar-refractivity contribution in [1.29, 1.82) is 0 Å². The molecule has 0 unspecified atom stereocenters. The summed E-state index contributed by atoms with van der Waals surface area (Å²) in [7, 11) is 1.78. The Bertz CT molecular complexity index is 1350. The van der Waals surface area contributed by atoms with Crippen LogP contribution in [0.15, 0.2) is 59.1 Å². The van der Waals surface area contributed by atoms with Gasteiger partial charge in [-0.2, -0.15) is 0 Å². The Morgan fingerprint density at radius 1 is 1.10 bits per heavy atom. The topological polar surface area (TPSA) is 98.9 Å². The van der Waals surface area contributed by atoms with Crippen molar-refractivity contribution in [3.8, 4) is 11.3 Å². The quantitative estimate of drug-likeness (QED) is 0.427. The van der Waals surface area contributed by atoms with E-state index in [1.165, 1.54) is 12.1 Å². The molecule has 4 atom stereocenters. The first-order valence-electron chi connectivity index (χ1n) is 14.2. The van der Waals surface area contributed by atoms with Crippen LogP contribution < -0.4 is 5.32 Å². The van der Waals surface area contributed by atoms with Gasteiger partial charge in [0.25, 0.3) is 5.91 Å². The minimum absolute atomic E-state index is 0.00188. The molecule has 2 heterocycles. The molecule has 41 heavy (non-hydrogen) atoms. The third kappa shape index (κ3) is 6.82. The molecule has 1 aliphatic heterocycles. The Morgan fingerprint density at radius 3 is 2.63 bits per heavy atom. The van der Waals surface area contributed by atoms with Crippen molar-refractivity contribution in [3.63, 3.8) is 0 Å². The lowest BCUT2D eigenvalue weighted by Crippen LogP contribution is -2.59. The number of hydrogen-bond acceptors (Lipinski definition) is 6. The number of aliphatic hydroxyl groups excluding tert-OH is 1. The number of carbonyl (C=O) groups excluding carboxylic acids is 2. The van der Waals surface area contributed by atoms with E-state index in [0.29, 0.717) is 32.5 Å². The monoisotopic (exact) mass is 566 g/mol. The van der Waals surface area contributed by atoms with Crippen LogP contribution in [-0.4, -0.2) is 76.7 Å². The molecule has 2 aliphatic rings. The zero-order chi connectivity index (χ0) is 28.9. The van der Waals surface area contributed by atoms with Crippen LogP contribution in [0.5, 0.6) is 0 Å². The van der Waals surface area contributed by atoms with E-state index in [1.807, 2.05) is 30.3 Å². The molecule has 10 heteroatoms. The second kappa shape index (κ2) is 12.9. The zero-order valence-electron chi connectivity index (χ0n) is 23.1. The van der Waals surface area contributed by atoms with Crippen molar-refractivity contribution in [1.82, 2.24) is 20.3 Å². The number of likely N-dealkylation sites (tertiary alicyclic amines) is 1. The third-order valence-corrected chi connectivity index (χ3v) is 8.34. The van der Waals surface area contributed by atoms with Crippen molar-refractivity contribution < 1.29 is 28.0 Å². The van der Waals surface area contributed by atoms with Gasteiger partial charge in [-0.25, -0.2) is 8.78 Å². The van der Waals surface area contributed by atoms with E-state index in [0.717, 1.165) is 43.4 Å². The molecular formula is C31H36F2N4O4. The fraction of sp³-hybridized carbons (Fsp3) is 0.452. The van der Waals surface area contributed by atoms with Gasteiger partial charge in [0, 0.05) is 50.9 Å². The van der Waals surface area contributed by atoms with Crippen molar-refractivity contribution in [2.24, 2.45) is 5.92 Å². The first-order valence-corrected chi connectivity index (χ1v) is 14.2. The number of aliphatic hydroxyl groups is 1. The maximum Gasteiger partial charge on any atom is 0.273 e. The van der Waals surface area contributed by atoms with Crippen molar-refractivity contribution in [2.75, 3.05) is 26.7 Å². The van der Waals surface area contributed by atoms with Crippen LogP contribution in [0.25, 0.3) is 11.3 Å². The second-order valence-corrected chi connectivity index (χ2v) is 11.1. The summed E-state index contributed by atoms with van der Waals surface area (Å²) in [4.78, 5) is 30.9. The number of rotatable bonds is 8. The number of piperidine rings is 1. The molecule has 1 aliphatic carbocycles. The molecule has 2 aromatic carbocycles. The van der Waals surface area contributed by atoms with Crippen LogP contribution >= 0.6 is 0 Å². The van der Waals surface area contributed by atoms with Crippen LogP contribution in [0.3, 0.4) is 0 Å². The first-order chi connectivity index (χ1) is 19.8. The van der Waals surface area contributed by atoms with Crippen LogP contribution in [-0.2, 0) is 11.2 Å². The van der Waals surface area contributed by atoms with Gasteiger partial charge in [0.15, 0.2) is 11.5 Å². The Kier molecular flexibility index (Phi) is 9.09. The average molecular weight is 567 g/mol. The molecule has 2 fully saturated rings. The van der Waals surface area contributed by atoms with Crippen molar-refractivity contribution in [2.45, 2.75) is 56.7 Å². The second-order valence-electron chi connectivity index (χ2n) is 11.1. The highest BCUT2D eigenvalue weighted by Crippen LogP contribution is 2.29. The molecular weight excluding hydrogens is 530 g/mol. The summed E-state index contributed by atoms with van der Waals surface area (Å²) in [6.07, 6.45) is 4.47. The van der Waals surface area contributed by atoms with E-state index >= 15 is 0 Å². The molecule has 3 aromatic rings. The SMILES string of the molecule is CN(CCc1ccccc1)C(=O)[C@@H]1CN([C@@H]2CCCC[C@H]2O)CC[C@H]1NC(=O)c1cc(-c2ccc(F)cc2F)on1. The number of benzene rings is 2. The number of hydrogen-bond donors (Lipinski definition) is 2. The van der Waals surface area contributed by atoms with E-state index in [1.54, 1.807) is 11.9 Å². The number of amides is 2. The molecule has 0 bridgehead atoms. The van der Waals surface area contributed by atoms with Crippen LogP contribution in [0.4, 0.5) is 8.78 Å². The summed E-state index contributed by atoms with van der Waals surface area (Å²) < 4.78 is 32.7. The van der Waals surface area contributed by atoms with Gasteiger partial charge in [0.2, 0.25) is 5.91 Å². The Hall–Kier alpha value is -3.63. The Morgan fingerprint density at radius 2 is 1.88 bits per heavy atom. The summed E-state index contributed by atoms with van der Waals surface area (Å²) in [6, 6.07) is 13.8. The normalized spacial score (nSPS) is 23.2. The summed E-state index contributed by atoms with van der Waals surface area (Å²) in [6.45, 7) is 1.59. The van der Waals surface area contributed by atoms with Crippen LogP contribution in [0.2, 0.25) is 0 Å². The number of likely N-dealkylation sites (N-methyl/N-ethyl adjacent to an activating group) is 1. The lowest BCUT2D eigenvalue weighted by molar-refractivity contribution is -0.138. The van der Waals surface area contributed by atoms with Gasteiger partial charge < -0.3 is 19.8 Å². The predicted molar refractivity (Wildman–Crippen MR) is 149 cm³/mol. The molecule has 1 saturated carbocycles. The maximum atomic E-state index is 14.2. The van der Waals surface area contributed by atoms with Crippen molar-refractivity contribution >= 4 is 11.8 Å². The summed E-state index contributed by atoms with van der Waals surface area (Å²) >= 11 is 0. The largest absolute Gasteiger partial charge is 0.391 e. The van der Waals surface area contributed by atoms with E-state index in [2.05, 4.69) is 15.4 Å². The van der Waals surface area contributed by atoms with Crippen LogP contribution in [0.1, 0.15) is 48.2 Å². The fourth-order valence-electron chi connectivity index (χ4n) is 5.99. The number of nitrogens with zero attached hydrogens (tertiary/aromatic N) is 3. The van der Waals surface area contributed by atoms with Crippen LogP contribution in [0, 0.1) is 17.6 Å². The highest BCUT2D eigenvalue weighted by molar-refractivity contribution is 5.94. The van der Waals surface area contributed by atoms with E-state index in [4.69, 9.17) is 4.52 Å². The van der Waals surface area contributed by atoms with Gasteiger partial charge in [0.1, 0.15) is 11.6 Å². The molecule has 8 nitrogen and oxygen atoms in total. The summed E-state index contributed by atoms with van der Waals surface area (Å²) in [5, 5.41) is 17.5. The van der Waals surface area contributed by atoms with E-state index in [9.17, 15) is 23.5 Å². The van der Waals surface area contributed by atoms with Gasteiger partial charge in [-0.15, -0.1) is 0 Å². The molecule has 5 rings (SSSR count). The minimum atomic E-state index is -0.824. The van der Waals surface area contributed by atoms with Crippen molar-refractivity contribution in [3.05, 3.63) is 77.5 Å². The first kappa shape index (κ1) is 28.9. The molecule has 0 radical (unpaired) electrons. The predicted octanol–water partition coefficient (Wildman–Crippen LogP) is 4.04. The number of halogens is 2.